The maximum Gasteiger partial charge on any atom is 0.307 e. The summed E-state index contributed by atoms with van der Waals surface area (Å²) in [5.41, 5.74) is 1.05. The molecule has 1 aromatic rings. The fraction of sp³-hybridized carbons (Fsp3) is 0.471. The molecule has 1 amide bonds. The first kappa shape index (κ1) is 19.1. The quantitative estimate of drug-likeness (QED) is 0.480. The number of amides is 1. The number of nitrogens with zero attached hydrogens (tertiary/aromatic N) is 3. The lowest BCUT2D eigenvalue weighted by molar-refractivity contribution is -0.140. The molecule has 0 atom stereocenters. The van der Waals surface area contributed by atoms with Gasteiger partial charge in [-0.2, -0.15) is 0 Å². The summed E-state index contributed by atoms with van der Waals surface area (Å²) in [6.45, 7) is 2.53. The van der Waals surface area contributed by atoms with Crippen LogP contribution in [0.3, 0.4) is 0 Å². The fourth-order valence-corrected chi connectivity index (χ4v) is 2.70. The Hall–Kier alpha value is -2.28. The maximum atomic E-state index is 12.4. The van der Waals surface area contributed by atoms with E-state index in [0.29, 0.717) is 37.2 Å². The molecule has 1 saturated heterocycles. The van der Waals surface area contributed by atoms with Gasteiger partial charge in [0.1, 0.15) is 0 Å². The standard InChI is InChI=1S/C17H23ClN4O3/c1-19-17(20-8-7-16(24)25-2)22-10-9-21(15(23)12-22)11-13-3-5-14(18)6-4-13/h3-6H,7-12H2,1-2H3,(H,19,20). The first-order valence-corrected chi connectivity index (χ1v) is 8.46. The number of ether oxygens (including phenoxy) is 1. The molecule has 1 fully saturated rings. The van der Waals surface area contributed by atoms with Crippen LogP contribution in [0.1, 0.15) is 12.0 Å². The van der Waals surface area contributed by atoms with Crippen LogP contribution in [0.4, 0.5) is 0 Å². The van der Waals surface area contributed by atoms with Gasteiger partial charge in [0.2, 0.25) is 5.91 Å². The smallest absolute Gasteiger partial charge is 0.307 e. The normalized spacial score (nSPS) is 15.3. The Morgan fingerprint density at radius 2 is 2.04 bits per heavy atom. The molecule has 7 nitrogen and oxygen atoms in total. The summed E-state index contributed by atoms with van der Waals surface area (Å²) in [4.78, 5) is 31.5. The number of piperazine rings is 1. The van der Waals surface area contributed by atoms with Crippen molar-refractivity contribution in [1.82, 2.24) is 15.1 Å². The van der Waals surface area contributed by atoms with Gasteiger partial charge in [0.15, 0.2) is 5.96 Å². The van der Waals surface area contributed by atoms with Crippen LogP contribution < -0.4 is 5.32 Å². The second kappa shape index (κ2) is 9.27. The largest absolute Gasteiger partial charge is 0.469 e. The van der Waals surface area contributed by atoms with Crippen molar-refractivity contribution >= 4 is 29.4 Å². The summed E-state index contributed by atoms with van der Waals surface area (Å²) in [5, 5.41) is 3.77. The molecule has 0 aliphatic carbocycles. The Morgan fingerprint density at radius 1 is 1.32 bits per heavy atom. The number of hydrogen-bond donors (Lipinski definition) is 1. The number of rotatable bonds is 5. The van der Waals surface area contributed by atoms with Crippen molar-refractivity contribution in [2.75, 3.05) is 40.3 Å². The SMILES string of the molecule is CN=C(NCCC(=O)OC)N1CCN(Cc2ccc(Cl)cc2)C(=O)C1. The minimum Gasteiger partial charge on any atom is -0.469 e. The van der Waals surface area contributed by atoms with E-state index in [1.807, 2.05) is 34.1 Å². The van der Waals surface area contributed by atoms with Crippen molar-refractivity contribution in [3.05, 3.63) is 34.9 Å². The van der Waals surface area contributed by atoms with Gasteiger partial charge >= 0.3 is 5.97 Å². The molecule has 0 radical (unpaired) electrons. The first-order chi connectivity index (χ1) is 12.0. The van der Waals surface area contributed by atoms with Crippen molar-refractivity contribution in [1.29, 1.82) is 0 Å². The van der Waals surface area contributed by atoms with E-state index in [2.05, 4.69) is 15.0 Å². The molecule has 0 unspecified atom stereocenters. The highest BCUT2D eigenvalue weighted by atomic mass is 35.5. The summed E-state index contributed by atoms with van der Waals surface area (Å²) in [7, 11) is 3.01. The van der Waals surface area contributed by atoms with Crippen LogP contribution in [0.25, 0.3) is 0 Å². The van der Waals surface area contributed by atoms with Crippen molar-refractivity contribution in [2.45, 2.75) is 13.0 Å². The number of aliphatic imine (C=N–C) groups is 1. The number of guanidine groups is 1. The summed E-state index contributed by atoms with van der Waals surface area (Å²) < 4.78 is 4.60. The number of halogens is 1. The van der Waals surface area contributed by atoms with E-state index in [-0.39, 0.29) is 24.8 Å². The molecule has 0 spiro atoms. The molecule has 8 heteroatoms. The molecule has 25 heavy (non-hydrogen) atoms. The van der Waals surface area contributed by atoms with Gasteiger partial charge in [0, 0.05) is 38.2 Å². The van der Waals surface area contributed by atoms with E-state index < -0.39 is 0 Å². The predicted octanol–water partition coefficient (Wildman–Crippen LogP) is 1.12. The number of nitrogens with one attached hydrogen (secondary N) is 1. The lowest BCUT2D eigenvalue weighted by Crippen LogP contribution is -2.55. The predicted molar refractivity (Wildman–Crippen MR) is 96.4 cm³/mol. The Labute approximate surface area is 152 Å². The molecule has 2 rings (SSSR count). The Bertz CT molecular complexity index is 633. The van der Waals surface area contributed by atoms with Crippen LogP contribution in [0.2, 0.25) is 5.02 Å². The molecule has 0 saturated carbocycles. The zero-order chi connectivity index (χ0) is 18.2. The van der Waals surface area contributed by atoms with E-state index in [4.69, 9.17) is 11.6 Å². The molecule has 1 heterocycles. The number of hydrogen-bond acceptors (Lipinski definition) is 4. The van der Waals surface area contributed by atoms with Crippen LogP contribution in [0, 0.1) is 0 Å². The number of methoxy groups -OCH3 is 1. The number of carbonyl (C=O) groups excluding carboxylic acids is 2. The maximum absolute atomic E-state index is 12.4. The average Bonchev–Trinajstić information content (AvgIpc) is 2.62. The van der Waals surface area contributed by atoms with Crippen LogP contribution in [0.15, 0.2) is 29.3 Å². The molecule has 1 aliphatic heterocycles. The van der Waals surface area contributed by atoms with Crippen molar-refractivity contribution in [2.24, 2.45) is 4.99 Å². The van der Waals surface area contributed by atoms with Crippen molar-refractivity contribution in [3.63, 3.8) is 0 Å². The summed E-state index contributed by atoms with van der Waals surface area (Å²) >= 11 is 5.89. The number of esters is 1. The fourth-order valence-electron chi connectivity index (χ4n) is 2.58. The average molecular weight is 367 g/mol. The minimum atomic E-state index is -0.285. The van der Waals surface area contributed by atoms with Crippen molar-refractivity contribution in [3.8, 4) is 0 Å². The topological polar surface area (TPSA) is 74.2 Å². The van der Waals surface area contributed by atoms with Crippen LogP contribution in [-0.4, -0.2) is 68.0 Å². The van der Waals surface area contributed by atoms with E-state index in [1.165, 1.54) is 7.11 Å². The molecule has 1 aliphatic rings. The summed E-state index contributed by atoms with van der Waals surface area (Å²) in [6.07, 6.45) is 0.250. The minimum absolute atomic E-state index is 0.0390. The summed E-state index contributed by atoms with van der Waals surface area (Å²) in [6, 6.07) is 7.50. The van der Waals surface area contributed by atoms with E-state index in [1.54, 1.807) is 7.05 Å². The third-order valence-electron chi connectivity index (χ3n) is 3.96. The van der Waals surface area contributed by atoms with Gasteiger partial charge in [0.25, 0.3) is 0 Å². The Morgan fingerprint density at radius 3 is 2.64 bits per heavy atom. The van der Waals surface area contributed by atoms with E-state index >= 15 is 0 Å². The van der Waals surface area contributed by atoms with Crippen LogP contribution >= 0.6 is 11.6 Å². The zero-order valence-electron chi connectivity index (χ0n) is 14.5. The molecule has 1 aromatic carbocycles. The Kier molecular flexibility index (Phi) is 7.06. The Balaban J connectivity index is 1.85. The highest BCUT2D eigenvalue weighted by molar-refractivity contribution is 6.30. The highest BCUT2D eigenvalue weighted by Crippen LogP contribution is 2.13. The van der Waals surface area contributed by atoms with Gasteiger partial charge in [-0.3, -0.25) is 14.6 Å². The second-order valence-electron chi connectivity index (χ2n) is 5.66. The van der Waals surface area contributed by atoms with Gasteiger partial charge < -0.3 is 19.9 Å². The molecular formula is C17H23ClN4O3. The van der Waals surface area contributed by atoms with Crippen LogP contribution in [-0.2, 0) is 20.9 Å². The lowest BCUT2D eigenvalue weighted by Gasteiger charge is -2.36. The molecule has 0 bridgehead atoms. The molecule has 136 valence electrons. The van der Waals surface area contributed by atoms with Gasteiger partial charge in [-0.25, -0.2) is 0 Å². The molecular weight excluding hydrogens is 344 g/mol. The molecule has 0 aromatic heterocycles. The monoisotopic (exact) mass is 366 g/mol. The van der Waals surface area contributed by atoms with E-state index in [0.717, 1.165) is 5.56 Å². The summed E-state index contributed by atoms with van der Waals surface area (Å²) in [5.74, 6) is 0.368. The van der Waals surface area contributed by atoms with Crippen LogP contribution in [0.5, 0.6) is 0 Å². The van der Waals surface area contributed by atoms with E-state index in [9.17, 15) is 9.59 Å². The van der Waals surface area contributed by atoms with Gasteiger partial charge in [-0.15, -0.1) is 0 Å². The third-order valence-corrected chi connectivity index (χ3v) is 4.21. The highest BCUT2D eigenvalue weighted by Gasteiger charge is 2.25. The van der Waals surface area contributed by atoms with Crippen molar-refractivity contribution < 1.29 is 14.3 Å². The number of benzene rings is 1. The third kappa shape index (κ3) is 5.63. The van der Waals surface area contributed by atoms with Gasteiger partial charge in [-0.05, 0) is 17.7 Å². The zero-order valence-corrected chi connectivity index (χ0v) is 15.3. The van der Waals surface area contributed by atoms with Gasteiger partial charge in [-0.1, -0.05) is 23.7 Å². The van der Waals surface area contributed by atoms with Gasteiger partial charge in [0.05, 0.1) is 20.1 Å². The molecule has 1 N–H and O–H groups in total. The first-order valence-electron chi connectivity index (χ1n) is 8.08. The number of carbonyl (C=O) groups is 2. The second-order valence-corrected chi connectivity index (χ2v) is 6.10. The lowest BCUT2D eigenvalue weighted by atomic mass is 10.2.